The number of methoxy groups -OCH3 is 1. The van der Waals surface area contributed by atoms with Crippen molar-refractivity contribution in [3.8, 4) is 52.8 Å². The molecule has 336 valence electrons. The Morgan fingerprint density at radius 3 is 0.937 bits per heavy atom. The molecule has 0 saturated heterocycles. The summed E-state index contributed by atoms with van der Waals surface area (Å²) in [7, 11) is 1.66. The predicted molar refractivity (Wildman–Crippen MR) is 259 cm³/mol. The van der Waals surface area contributed by atoms with Gasteiger partial charge < -0.3 is 28.4 Å². The molecule has 0 amide bonds. The van der Waals surface area contributed by atoms with Gasteiger partial charge in [0.05, 0.1) is 46.2 Å². The Morgan fingerprint density at radius 2 is 0.587 bits per heavy atom. The molecule has 4 rings (SSSR count). The van der Waals surface area contributed by atoms with Crippen molar-refractivity contribution in [2.24, 2.45) is 0 Å². The van der Waals surface area contributed by atoms with Crippen LogP contribution in [0.4, 0.5) is 0 Å². The van der Waals surface area contributed by atoms with Crippen LogP contribution in [0.5, 0.6) is 17.2 Å². The number of hydrogen-bond donors (Lipinski definition) is 0. The molecular formula is C57H72O6. The lowest BCUT2D eigenvalue weighted by Crippen LogP contribution is -2.12. The average molecular weight is 853 g/mol. The fourth-order valence-electron chi connectivity index (χ4n) is 6.72. The fourth-order valence-corrected chi connectivity index (χ4v) is 6.72. The molecule has 0 bridgehead atoms. The van der Waals surface area contributed by atoms with Crippen molar-refractivity contribution >= 4 is 0 Å². The van der Waals surface area contributed by atoms with E-state index in [0.29, 0.717) is 39.6 Å². The topological polar surface area (TPSA) is 55.4 Å². The predicted octanol–water partition coefficient (Wildman–Crippen LogP) is 13.0. The molecule has 0 saturated carbocycles. The molecule has 0 N–H and O–H groups in total. The smallest absolute Gasteiger partial charge is 0.119 e. The van der Waals surface area contributed by atoms with Gasteiger partial charge in [-0.3, -0.25) is 0 Å². The molecule has 0 radical (unpaired) electrons. The number of ether oxygens (including phenoxy) is 6. The summed E-state index contributed by atoms with van der Waals surface area (Å²) in [4.78, 5) is 0. The van der Waals surface area contributed by atoms with E-state index in [2.05, 4.69) is 49.4 Å². The molecular weight excluding hydrogens is 781 g/mol. The van der Waals surface area contributed by atoms with Gasteiger partial charge in [0.15, 0.2) is 0 Å². The molecule has 0 aliphatic rings. The third-order valence-electron chi connectivity index (χ3n) is 10.4. The van der Waals surface area contributed by atoms with E-state index in [1.165, 1.54) is 89.9 Å². The number of benzene rings is 4. The SMILES string of the molecule is CCCCCCCCCCOc1ccc(C#Cc2cc(C#Cc3ccc(OCCCCCCCCCC)cc3)cc(C#Cc3ccc(OCCOCCOCCOC)cc3)c2)cc1. The van der Waals surface area contributed by atoms with Crippen LogP contribution in [0.1, 0.15) is 150 Å². The van der Waals surface area contributed by atoms with Crippen LogP contribution >= 0.6 is 0 Å². The maximum absolute atomic E-state index is 6.02. The van der Waals surface area contributed by atoms with Crippen LogP contribution < -0.4 is 14.2 Å². The van der Waals surface area contributed by atoms with Crippen LogP contribution in [-0.4, -0.2) is 60.0 Å². The molecule has 0 unspecified atom stereocenters. The van der Waals surface area contributed by atoms with Crippen molar-refractivity contribution in [1.29, 1.82) is 0 Å². The molecule has 0 heterocycles. The van der Waals surface area contributed by atoms with Gasteiger partial charge in [0.2, 0.25) is 0 Å². The summed E-state index contributed by atoms with van der Waals surface area (Å²) in [5.74, 6) is 22.6. The van der Waals surface area contributed by atoms with E-state index >= 15 is 0 Å². The lowest BCUT2D eigenvalue weighted by Gasteiger charge is -2.07. The zero-order chi connectivity index (χ0) is 44.3. The number of hydrogen-bond acceptors (Lipinski definition) is 6. The summed E-state index contributed by atoms with van der Waals surface area (Å²) in [6.07, 6.45) is 20.6. The van der Waals surface area contributed by atoms with Crippen molar-refractivity contribution < 1.29 is 28.4 Å². The quantitative estimate of drug-likeness (QED) is 0.0385. The summed E-state index contributed by atoms with van der Waals surface area (Å²) in [6.45, 7) is 9.15. The van der Waals surface area contributed by atoms with Crippen molar-refractivity contribution in [1.82, 2.24) is 0 Å². The molecule has 0 aliphatic heterocycles. The van der Waals surface area contributed by atoms with Crippen molar-refractivity contribution in [3.63, 3.8) is 0 Å². The van der Waals surface area contributed by atoms with E-state index < -0.39 is 0 Å². The highest BCUT2D eigenvalue weighted by molar-refractivity contribution is 5.55. The summed E-state index contributed by atoms with van der Waals surface area (Å²) >= 11 is 0. The Labute approximate surface area is 380 Å². The lowest BCUT2D eigenvalue weighted by atomic mass is 10.0. The van der Waals surface area contributed by atoms with Crippen molar-refractivity contribution in [2.45, 2.75) is 117 Å². The second kappa shape index (κ2) is 33.4. The van der Waals surface area contributed by atoms with Crippen LogP contribution in [-0.2, 0) is 14.2 Å². The van der Waals surface area contributed by atoms with Crippen molar-refractivity contribution in [3.05, 3.63) is 124 Å². The largest absolute Gasteiger partial charge is 0.494 e. The van der Waals surface area contributed by atoms with Crippen LogP contribution in [0.3, 0.4) is 0 Å². The summed E-state index contributed by atoms with van der Waals surface area (Å²) in [5.41, 5.74) is 5.25. The first-order chi connectivity index (χ1) is 31.1. The second-order valence-electron chi connectivity index (χ2n) is 15.8. The standard InChI is InChI=1S/C57H72O6/c1-4-6-8-10-12-14-16-18-38-61-55-32-26-49(27-33-55)20-23-52-46-53(24-21-50-28-34-56(35-29-50)62-39-19-17-15-13-11-9-7-5-2)48-54(47-52)25-22-51-30-36-57(37-31-51)63-45-44-60-43-42-59-41-40-58-3/h26-37,46-48H,4-19,38-45H2,1-3H3. The first-order valence-corrected chi connectivity index (χ1v) is 23.7. The van der Waals surface area contributed by atoms with Crippen LogP contribution in [0.2, 0.25) is 0 Å². The minimum atomic E-state index is 0.454. The second-order valence-corrected chi connectivity index (χ2v) is 15.8. The van der Waals surface area contributed by atoms with Crippen LogP contribution in [0, 0.1) is 35.5 Å². The minimum absolute atomic E-state index is 0.454. The van der Waals surface area contributed by atoms with Crippen molar-refractivity contribution in [2.75, 3.05) is 60.0 Å². The van der Waals surface area contributed by atoms with Crippen LogP contribution in [0.15, 0.2) is 91.0 Å². The molecule has 0 aromatic heterocycles. The van der Waals surface area contributed by atoms with E-state index in [-0.39, 0.29) is 0 Å². The summed E-state index contributed by atoms with van der Waals surface area (Å²) in [6, 6.07) is 29.9. The highest BCUT2D eigenvalue weighted by atomic mass is 16.6. The minimum Gasteiger partial charge on any atom is -0.494 e. The van der Waals surface area contributed by atoms with E-state index in [0.717, 1.165) is 76.7 Å². The maximum atomic E-state index is 6.02. The van der Waals surface area contributed by atoms with Crippen LogP contribution in [0.25, 0.3) is 0 Å². The molecule has 0 fully saturated rings. The highest BCUT2D eigenvalue weighted by Gasteiger charge is 2.01. The van der Waals surface area contributed by atoms with Gasteiger partial charge in [0.25, 0.3) is 0 Å². The summed E-state index contributed by atoms with van der Waals surface area (Å²) in [5, 5.41) is 0. The average Bonchev–Trinajstić information content (AvgIpc) is 3.31. The molecule has 0 spiro atoms. The zero-order valence-electron chi connectivity index (χ0n) is 38.6. The fraction of sp³-hybridized carbons (Fsp3) is 0.474. The van der Waals surface area contributed by atoms with Gasteiger partial charge in [0.1, 0.15) is 23.9 Å². The van der Waals surface area contributed by atoms with Gasteiger partial charge >= 0.3 is 0 Å². The third-order valence-corrected chi connectivity index (χ3v) is 10.4. The molecule has 4 aromatic carbocycles. The normalized spacial score (nSPS) is 10.5. The molecule has 0 aliphatic carbocycles. The Bertz CT molecular complexity index is 1740. The van der Waals surface area contributed by atoms with E-state index in [9.17, 15) is 0 Å². The molecule has 63 heavy (non-hydrogen) atoms. The van der Waals surface area contributed by atoms with Gasteiger partial charge in [0, 0.05) is 40.5 Å². The highest BCUT2D eigenvalue weighted by Crippen LogP contribution is 2.17. The molecule has 4 aromatic rings. The number of rotatable bonds is 30. The molecule has 6 nitrogen and oxygen atoms in total. The van der Waals surface area contributed by atoms with Gasteiger partial charge in [-0.2, -0.15) is 0 Å². The van der Waals surface area contributed by atoms with Gasteiger partial charge in [-0.25, -0.2) is 0 Å². The number of unbranched alkanes of at least 4 members (excludes halogenated alkanes) is 14. The zero-order valence-corrected chi connectivity index (χ0v) is 38.6. The van der Waals surface area contributed by atoms with Gasteiger partial charge in [-0.05, 0) is 104 Å². The first-order valence-electron chi connectivity index (χ1n) is 23.7. The maximum Gasteiger partial charge on any atom is 0.119 e. The van der Waals surface area contributed by atoms with E-state index in [1.807, 2.05) is 91.0 Å². The third kappa shape index (κ3) is 23.7. The Kier molecular flexibility index (Phi) is 26.8. The van der Waals surface area contributed by atoms with Gasteiger partial charge in [-0.1, -0.05) is 139 Å². The Morgan fingerprint density at radius 1 is 0.302 bits per heavy atom. The van der Waals surface area contributed by atoms with Gasteiger partial charge in [-0.15, -0.1) is 0 Å². The Hall–Kier alpha value is -5.16. The monoisotopic (exact) mass is 853 g/mol. The lowest BCUT2D eigenvalue weighted by molar-refractivity contribution is 0.0180. The molecule has 6 heteroatoms. The van der Waals surface area contributed by atoms with E-state index in [1.54, 1.807) is 7.11 Å². The Balaban J connectivity index is 1.36. The van der Waals surface area contributed by atoms with E-state index in [4.69, 9.17) is 28.4 Å². The molecule has 0 atom stereocenters. The summed E-state index contributed by atoms with van der Waals surface area (Å²) < 4.78 is 33.9. The first kappa shape index (κ1) is 50.5.